The van der Waals surface area contributed by atoms with Gasteiger partial charge in [-0.1, -0.05) is 6.92 Å². The zero-order valence-corrected chi connectivity index (χ0v) is 9.17. The van der Waals surface area contributed by atoms with Crippen LogP contribution in [0.2, 0.25) is 0 Å². The summed E-state index contributed by atoms with van der Waals surface area (Å²) in [4.78, 5) is 24.4. The average Bonchev–Trinajstić information content (AvgIpc) is 2.15. The van der Waals surface area contributed by atoms with Crippen molar-refractivity contribution in [1.29, 1.82) is 0 Å². The van der Waals surface area contributed by atoms with E-state index in [1.54, 1.807) is 6.92 Å². The van der Waals surface area contributed by atoms with Crippen molar-refractivity contribution < 1.29 is 18.4 Å². The Bertz CT molecular complexity index is 232. The number of carbonyl (C=O) groups excluding carboxylic acids is 2. The highest BCUT2D eigenvalue weighted by molar-refractivity contribution is 5.86. The largest absolute Gasteiger partial charge is 0.347 e. The van der Waals surface area contributed by atoms with Crippen molar-refractivity contribution in [3.05, 3.63) is 0 Å². The molecule has 0 aromatic carbocycles. The van der Waals surface area contributed by atoms with Crippen LogP contribution in [0.1, 0.15) is 13.3 Å². The summed E-state index contributed by atoms with van der Waals surface area (Å²) in [5.41, 5.74) is 0. The molecule has 15 heavy (non-hydrogen) atoms. The molecule has 0 atom stereocenters. The Balaban J connectivity index is 4.40. The first-order chi connectivity index (χ1) is 6.90. The molecule has 0 heterocycles. The molecule has 0 aliphatic carbocycles. The highest BCUT2D eigenvalue weighted by atomic mass is 19.3. The van der Waals surface area contributed by atoms with Crippen molar-refractivity contribution in [3.8, 4) is 0 Å². The van der Waals surface area contributed by atoms with E-state index in [4.69, 9.17) is 0 Å². The standard InChI is InChI=1S/C9H16F2N2O2/c1-4-5-13(9(15)8(10)11)6-7(14)12(2)3/h8H,4-6H2,1-3H3. The van der Waals surface area contributed by atoms with Gasteiger partial charge in [0, 0.05) is 20.6 Å². The molecule has 2 amide bonds. The first kappa shape index (κ1) is 13.8. The highest BCUT2D eigenvalue weighted by Crippen LogP contribution is 2.02. The van der Waals surface area contributed by atoms with E-state index < -0.39 is 12.3 Å². The second-order valence-electron chi connectivity index (χ2n) is 3.35. The molecule has 0 radical (unpaired) electrons. The summed E-state index contributed by atoms with van der Waals surface area (Å²) in [6.07, 6.45) is -2.51. The highest BCUT2D eigenvalue weighted by Gasteiger charge is 2.24. The molecule has 0 aliphatic heterocycles. The normalized spacial score (nSPS) is 10.3. The molecule has 0 aromatic heterocycles. The minimum atomic E-state index is -3.05. The van der Waals surface area contributed by atoms with Gasteiger partial charge in [0.25, 0.3) is 5.91 Å². The van der Waals surface area contributed by atoms with Crippen LogP contribution in [0, 0.1) is 0 Å². The second-order valence-corrected chi connectivity index (χ2v) is 3.35. The molecule has 0 spiro atoms. The summed E-state index contributed by atoms with van der Waals surface area (Å²) in [5.74, 6) is -1.65. The van der Waals surface area contributed by atoms with Gasteiger partial charge in [-0.15, -0.1) is 0 Å². The number of amides is 2. The lowest BCUT2D eigenvalue weighted by Crippen LogP contribution is -2.43. The summed E-state index contributed by atoms with van der Waals surface area (Å²) in [6, 6.07) is 0. The number of hydrogen-bond donors (Lipinski definition) is 0. The molecule has 88 valence electrons. The summed E-state index contributed by atoms with van der Waals surface area (Å²) < 4.78 is 24.3. The summed E-state index contributed by atoms with van der Waals surface area (Å²) in [5, 5.41) is 0. The van der Waals surface area contributed by atoms with Crippen LogP contribution < -0.4 is 0 Å². The van der Waals surface area contributed by atoms with E-state index in [1.807, 2.05) is 0 Å². The minimum absolute atomic E-state index is 0.169. The van der Waals surface area contributed by atoms with E-state index >= 15 is 0 Å². The Morgan fingerprint density at radius 1 is 1.27 bits per heavy atom. The van der Waals surface area contributed by atoms with E-state index in [2.05, 4.69) is 0 Å². The van der Waals surface area contributed by atoms with E-state index in [0.717, 1.165) is 4.90 Å². The number of halogens is 2. The zero-order chi connectivity index (χ0) is 12.0. The third kappa shape index (κ3) is 4.71. The monoisotopic (exact) mass is 222 g/mol. The Kier molecular flexibility index (Phi) is 5.81. The van der Waals surface area contributed by atoms with Crippen LogP contribution >= 0.6 is 0 Å². The molecule has 0 saturated carbocycles. The predicted octanol–water partition coefficient (Wildman–Crippen LogP) is 0.578. The average molecular weight is 222 g/mol. The van der Waals surface area contributed by atoms with E-state index in [0.29, 0.717) is 6.42 Å². The Hall–Kier alpha value is -1.20. The number of hydrogen-bond acceptors (Lipinski definition) is 2. The number of alkyl halides is 2. The lowest BCUT2D eigenvalue weighted by Gasteiger charge is -2.22. The van der Waals surface area contributed by atoms with Gasteiger partial charge in [-0.25, -0.2) is 0 Å². The van der Waals surface area contributed by atoms with Gasteiger partial charge in [0.15, 0.2) is 0 Å². The Labute approximate surface area is 87.8 Å². The Morgan fingerprint density at radius 3 is 2.13 bits per heavy atom. The van der Waals surface area contributed by atoms with Crippen LogP contribution in [0.25, 0.3) is 0 Å². The minimum Gasteiger partial charge on any atom is -0.347 e. The van der Waals surface area contributed by atoms with Gasteiger partial charge < -0.3 is 9.80 Å². The molecule has 0 aliphatic rings. The van der Waals surface area contributed by atoms with Gasteiger partial charge in [-0.3, -0.25) is 9.59 Å². The maximum Gasteiger partial charge on any atom is 0.315 e. The third-order valence-corrected chi connectivity index (χ3v) is 1.82. The smallest absolute Gasteiger partial charge is 0.315 e. The zero-order valence-electron chi connectivity index (χ0n) is 9.17. The topological polar surface area (TPSA) is 40.6 Å². The van der Waals surface area contributed by atoms with Crippen molar-refractivity contribution in [3.63, 3.8) is 0 Å². The van der Waals surface area contributed by atoms with Crippen LogP contribution in [-0.2, 0) is 9.59 Å². The maximum absolute atomic E-state index is 12.1. The van der Waals surface area contributed by atoms with Gasteiger partial charge in [0.05, 0.1) is 6.54 Å². The van der Waals surface area contributed by atoms with Crippen LogP contribution in [0.15, 0.2) is 0 Å². The number of rotatable bonds is 5. The molecule has 4 nitrogen and oxygen atoms in total. The van der Waals surface area contributed by atoms with Crippen molar-refractivity contribution >= 4 is 11.8 Å². The predicted molar refractivity (Wildman–Crippen MR) is 51.6 cm³/mol. The van der Waals surface area contributed by atoms with Crippen LogP contribution in [0.4, 0.5) is 8.78 Å². The van der Waals surface area contributed by atoms with E-state index in [-0.39, 0.29) is 19.0 Å². The first-order valence-electron chi connectivity index (χ1n) is 4.67. The fourth-order valence-electron chi connectivity index (χ4n) is 0.980. The number of carbonyl (C=O) groups is 2. The molecular weight excluding hydrogens is 206 g/mol. The lowest BCUT2D eigenvalue weighted by atomic mass is 10.3. The molecule has 0 fully saturated rings. The van der Waals surface area contributed by atoms with Crippen LogP contribution in [0.5, 0.6) is 0 Å². The van der Waals surface area contributed by atoms with Crippen LogP contribution in [-0.4, -0.2) is 55.2 Å². The summed E-state index contributed by atoms with van der Waals surface area (Å²) >= 11 is 0. The number of likely N-dealkylation sites (N-methyl/N-ethyl adjacent to an activating group) is 1. The van der Waals surface area contributed by atoms with Gasteiger partial charge in [0.1, 0.15) is 0 Å². The molecule has 0 saturated heterocycles. The van der Waals surface area contributed by atoms with Crippen molar-refractivity contribution in [2.75, 3.05) is 27.2 Å². The fraction of sp³-hybridized carbons (Fsp3) is 0.778. The van der Waals surface area contributed by atoms with Gasteiger partial charge in [0.2, 0.25) is 5.91 Å². The summed E-state index contributed by atoms with van der Waals surface area (Å²) in [6.45, 7) is 1.64. The van der Waals surface area contributed by atoms with Gasteiger partial charge in [-0.05, 0) is 6.42 Å². The molecule has 0 aromatic rings. The van der Waals surface area contributed by atoms with E-state index in [1.165, 1.54) is 19.0 Å². The van der Waals surface area contributed by atoms with Crippen LogP contribution in [0.3, 0.4) is 0 Å². The third-order valence-electron chi connectivity index (χ3n) is 1.82. The number of nitrogens with zero attached hydrogens (tertiary/aromatic N) is 2. The fourth-order valence-corrected chi connectivity index (χ4v) is 0.980. The van der Waals surface area contributed by atoms with Crippen molar-refractivity contribution in [2.45, 2.75) is 19.8 Å². The molecule has 0 N–H and O–H groups in total. The second kappa shape index (κ2) is 6.31. The van der Waals surface area contributed by atoms with E-state index in [9.17, 15) is 18.4 Å². The Morgan fingerprint density at radius 2 is 1.80 bits per heavy atom. The molecule has 0 bridgehead atoms. The molecular formula is C9H16F2N2O2. The molecule has 6 heteroatoms. The molecule has 0 rings (SSSR count). The van der Waals surface area contributed by atoms with Gasteiger partial charge in [-0.2, -0.15) is 8.78 Å². The first-order valence-corrected chi connectivity index (χ1v) is 4.67. The molecule has 0 unspecified atom stereocenters. The maximum atomic E-state index is 12.1. The quantitative estimate of drug-likeness (QED) is 0.682. The lowest BCUT2D eigenvalue weighted by molar-refractivity contribution is -0.147. The van der Waals surface area contributed by atoms with Gasteiger partial charge >= 0.3 is 6.43 Å². The SMILES string of the molecule is CCCN(CC(=O)N(C)C)C(=O)C(F)F. The van der Waals surface area contributed by atoms with Crippen molar-refractivity contribution in [2.24, 2.45) is 0 Å². The summed E-state index contributed by atoms with van der Waals surface area (Å²) in [7, 11) is 3.03. The van der Waals surface area contributed by atoms with Crippen molar-refractivity contribution in [1.82, 2.24) is 9.80 Å².